The Morgan fingerprint density at radius 3 is 2.28 bits per heavy atom. The van der Waals surface area contributed by atoms with E-state index >= 15 is 4.79 Å². The second-order valence-electron chi connectivity index (χ2n) is 19.2. The molecule has 1 aliphatic heterocycles. The molecule has 2 aromatic carbocycles. The van der Waals surface area contributed by atoms with Crippen LogP contribution in [0, 0.1) is 22.2 Å². The topological polar surface area (TPSA) is 113 Å². The molecule has 1 heterocycles. The minimum Gasteiger partial charge on any atom is -0.448 e. The quantitative estimate of drug-likeness (QED) is 0.155. The lowest BCUT2D eigenvalue weighted by Crippen LogP contribution is -2.60. The fraction of sp³-hybridized carbons (Fsp3) is 0.638. The van der Waals surface area contributed by atoms with Gasteiger partial charge in [-0.3, -0.25) is 14.4 Å². The van der Waals surface area contributed by atoms with Crippen LogP contribution in [0.1, 0.15) is 151 Å². The Morgan fingerprint density at radius 1 is 0.931 bits per heavy atom. The van der Waals surface area contributed by atoms with Crippen molar-refractivity contribution in [1.29, 1.82) is 0 Å². The van der Waals surface area contributed by atoms with E-state index in [0.29, 0.717) is 68.9 Å². The van der Waals surface area contributed by atoms with Crippen LogP contribution in [0.4, 0.5) is 13.2 Å². The highest BCUT2D eigenvalue weighted by molar-refractivity contribution is 6.00. The molecule has 58 heavy (non-hydrogen) atoms. The van der Waals surface area contributed by atoms with E-state index in [4.69, 9.17) is 4.74 Å². The Labute approximate surface area is 340 Å². The minimum absolute atomic E-state index is 0.0538. The monoisotopic (exact) mass is 807 g/mol. The highest BCUT2D eigenvalue weighted by Gasteiger charge is 2.76. The van der Waals surface area contributed by atoms with Crippen molar-refractivity contribution in [2.45, 2.75) is 161 Å². The largest absolute Gasteiger partial charge is 0.573 e. The number of allylic oxidation sites excluding steroid dienone is 2. The molecule has 0 radical (unpaired) electrons. The lowest BCUT2D eigenvalue weighted by atomic mass is 9.64. The first-order valence-corrected chi connectivity index (χ1v) is 21.3. The van der Waals surface area contributed by atoms with Crippen LogP contribution in [0.3, 0.4) is 0 Å². The molecule has 316 valence electrons. The van der Waals surface area contributed by atoms with Gasteiger partial charge in [0.05, 0.1) is 23.7 Å². The molecule has 2 aromatic rings. The van der Waals surface area contributed by atoms with E-state index in [0.717, 1.165) is 48.8 Å². The summed E-state index contributed by atoms with van der Waals surface area (Å²) in [6, 6.07) is 11.4. The lowest BCUT2D eigenvalue weighted by molar-refractivity contribution is -0.274. The summed E-state index contributed by atoms with van der Waals surface area (Å²) in [6.45, 7) is 9.55. The number of esters is 1. The minimum atomic E-state index is -4.87. The van der Waals surface area contributed by atoms with Gasteiger partial charge in [0.15, 0.2) is 11.4 Å². The Bertz CT molecular complexity index is 1940. The normalized spacial score (nSPS) is 32.6. The Morgan fingerprint density at radius 2 is 1.64 bits per heavy atom. The van der Waals surface area contributed by atoms with E-state index in [1.165, 1.54) is 24.3 Å². The number of aliphatic hydroxyl groups is 2. The van der Waals surface area contributed by atoms with Gasteiger partial charge in [0, 0.05) is 28.9 Å². The molecule has 8 rings (SSSR count). The molecule has 8 nitrogen and oxygen atoms in total. The second-order valence-corrected chi connectivity index (χ2v) is 19.2. The number of halogens is 3. The van der Waals surface area contributed by atoms with E-state index in [-0.39, 0.29) is 30.7 Å². The number of ether oxygens (including phenoxy) is 2. The maximum Gasteiger partial charge on any atom is 0.573 e. The Balaban J connectivity index is 1.30. The first kappa shape index (κ1) is 42.4. The number of nitrogens with zero attached hydrogens (tertiary/aromatic N) is 1. The molecule has 3 saturated carbocycles. The first-order valence-electron chi connectivity index (χ1n) is 21.3. The van der Waals surface area contributed by atoms with Gasteiger partial charge in [0.1, 0.15) is 5.75 Å². The van der Waals surface area contributed by atoms with Crippen LogP contribution in [0.2, 0.25) is 0 Å². The van der Waals surface area contributed by atoms with Crippen LogP contribution < -0.4 is 4.74 Å². The lowest BCUT2D eigenvalue weighted by Gasteiger charge is -2.47. The average Bonchev–Trinajstić information content (AvgIpc) is 3.61. The van der Waals surface area contributed by atoms with E-state index in [1.807, 2.05) is 39.0 Å². The fourth-order valence-electron chi connectivity index (χ4n) is 11.3. The summed E-state index contributed by atoms with van der Waals surface area (Å²) < 4.78 is 49.3. The Hall–Kier alpha value is -3.70. The maximum absolute atomic E-state index is 15.2. The zero-order valence-electron chi connectivity index (χ0n) is 34.7. The van der Waals surface area contributed by atoms with Crippen molar-refractivity contribution in [3.63, 3.8) is 0 Å². The van der Waals surface area contributed by atoms with Crippen molar-refractivity contribution in [1.82, 2.24) is 4.90 Å². The molecule has 0 unspecified atom stereocenters. The summed E-state index contributed by atoms with van der Waals surface area (Å²) in [5.41, 5.74) is -1.45. The van der Waals surface area contributed by atoms with Gasteiger partial charge in [-0.1, -0.05) is 75.9 Å². The molecule has 5 aliphatic carbocycles. The van der Waals surface area contributed by atoms with Gasteiger partial charge < -0.3 is 24.6 Å². The molecule has 1 saturated heterocycles. The molecule has 11 heteroatoms. The predicted octanol–water partition coefficient (Wildman–Crippen LogP) is 9.54. The summed E-state index contributed by atoms with van der Waals surface area (Å²) in [5.74, 6) is -1.47. The average molecular weight is 808 g/mol. The Kier molecular flexibility index (Phi) is 11.3. The van der Waals surface area contributed by atoms with Crippen molar-refractivity contribution in [3.05, 3.63) is 76.4 Å². The third-order valence-corrected chi connectivity index (χ3v) is 15.6. The van der Waals surface area contributed by atoms with E-state index in [1.54, 1.807) is 4.90 Å². The number of rotatable bonds is 8. The van der Waals surface area contributed by atoms with Gasteiger partial charge in [0.25, 0.3) is 5.91 Å². The van der Waals surface area contributed by atoms with Crippen molar-refractivity contribution < 1.29 is 47.2 Å². The molecule has 4 fully saturated rings. The molecule has 0 spiro atoms. The summed E-state index contributed by atoms with van der Waals surface area (Å²) >= 11 is 0. The van der Waals surface area contributed by atoms with Gasteiger partial charge in [-0.25, -0.2) is 0 Å². The van der Waals surface area contributed by atoms with Gasteiger partial charge in [-0.05, 0) is 125 Å². The number of Topliss-reactive ketones (excluding diaryl/α,β-unsaturated/α-hetero) is 1. The summed E-state index contributed by atoms with van der Waals surface area (Å²) in [7, 11) is 0. The smallest absolute Gasteiger partial charge is 0.448 e. The van der Waals surface area contributed by atoms with Crippen LogP contribution in [-0.4, -0.2) is 63.0 Å². The molecule has 6 atom stereocenters. The summed E-state index contributed by atoms with van der Waals surface area (Å²) in [6.07, 6.45) is 6.11. The molecule has 6 aliphatic rings. The SMILES string of the molecule is CC1=CCC[C@@]2(C)[C@@H](CC[C@@]2(O)CN(Cc2ccc(OC(F)(F)F)cc2)C(=O)[C@@]23CC[C@@](C)(C(=O)O2)C3(C)C)c2ccc(cc2C(=O)C2CCCCC2)C[C@@H](O)CC1. The summed E-state index contributed by atoms with van der Waals surface area (Å²) in [5, 5.41) is 24.3. The summed E-state index contributed by atoms with van der Waals surface area (Å²) in [4.78, 5) is 44.7. The standard InChI is InChI=1S/C47H60F3NO7/c1-30-10-9-22-43(4)38(36-20-16-32(26-34(52)17-13-30)27-37(36)39(53)33-11-7-6-8-12-33)21-23-45(43,56)29-51(28-31-14-18-35(19-15-31)57-47(48,49)50)40(54)46-25-24-44(5,41(55)58-46)42(46,2)3/h10,14-16,18-20,27,33-34,38,52,56H,6-9,11-13,17,21-26,28-29H2,1-5H3/t34-,38-,43-,44-,45+,46+/m0/s1. The van der Waals surface area contributed by atoms with Crippen LogP contribution in [-0.2, 0) is 27.3 Å². The molecule has 2 N–H and O–H groups in total. The third kappa shape index (κ3) is 7.41. The predicted molar refractivity (Wildman–Crippen MR) is 213 cm³/mol. The third-order valence-electron chi connectivity index (χ3n) is 15.6. The van der Waals surface area contributed by atoms with Crippen LogP contribution in [0.5, 0.6) is 5.75 Å². The van der Waals surface area contributed by atoms with Crippen molar-refractivity contribution in [3.8, 4) is 5.75 Å². The van der Waals surface area contributed by atoms with Gasteiger partial charge in [-0.2, -0.15) is 0 Å². The van der Waals surface area contributed by atoms with Crippen molar-refractivity contribution in [2.24, 2.45) is 22.2 Å². The highest BCUT2D eigenvalue weighted by Crippen LogP contribution is 2.66. The van der Waals surface area contributed by atoms with Crippen molar-refractivity contribution in [2.75, 3.05) is 6.54 Å². The van der Waals surface area contributed by atoms with Crippen molar-refractivity contribution >= 4 is 17.7 Å². The number of aliphatic hydroxyl groups excluding tert-OH is 1. The van der Waals surface area contributed by atoms with E-state index in [2.05, 4.69) is 24.7 Å². The number of alkyl halides is 3. The number of hydrogen-bond donors (Lipinski definition) is 2. The van der Waals surface area contributed by atoms with Crippen LogP contribution in [0.15, 0.2) is 54.1 Å². The van der Waals surface area contributed by atoms with E-state index in [9.17, 15) is 33.0 Å². The molecule has 1 amide bonds. The zero-order chi connectivity index (χ0) is 41.9. The number of benzene rings is 2. The molecular weight excluding hydrogens is 748 g/mol. The van der Waals surface area contributed by atoms with Crippen LogP contribution in [0.25, 0.3) is 0 Å². The molecule has 0 aromatic heterocycles. The van der Waals surface area contributed by atoms with E-state index < -0.39 is 57.5 Å². The number of carbonyl (C=O) groups is 3. The van der Waals surface area contributed by atoms with Gasteiger partial charge >= 0.3 is 12.3 Å². The number of hydrogen-bond acceptors (Lipinski definition) is 7. The second kappa shape index (κ2) is 15.4. The number of ketones is 1. The molecule has 4 bridgehead atoms. The van der Waals surface area contributed by atoms with Gasteiger partial charge in [-0.15, -0.1) is 13.2 Å². The van der Waals surface area contributed by atoms with Crippen LogP contribution >= 0.6 is 0 Å². The first-order chi connectivity index (χ1) is 27.2. The zero-order valence-corrected chi connectivity index (χ0v) is 34.7. The number of amides is 1. The maximum atomic E-state index is 15.2. The number of fused-ring (bicyclic) bond motifs is 10. The number of carbonyl (C=O) groups excluding carboxylic acids is 3. The fourth-order valence-corrected chi connectivity index (χ4v) is 11.3. The highest BCUT2D eigenvalue weighted by atomic mass is 19.4. The molecular formula is C47H60F3NO7. The van der Waals surface area contributed by atoms with Gasteiger partial charge in [0.2, 0.25) is 0 Å².